The lowest BCUT2D eigenvalue weighted by Crippen LogP contribution is -2.33. The summed E-state index contributed by atoms with van der Waals surface area (Å²) in [5.74, 6) is 1.64. The Morgan fingerprint density at radius 2 is 0.929 bits per heavy atom. The lowest BCUT2D eigenvalue weighted by atomic mass is 9.62. The first-order chi connectivity index (χ1) is 20.5. The molecule has 0 aliphatic heterocycles. The summed E-state index contributed by atoms with van der Waals surface area (Å²) in [7, 11) is 0. The van der Waals surface area contributed by atoms with Gasteiger partial charge < -0.3 is 11.5 Å². The minimum atomic E-state index is 0.0750. The molecule has 1 aliphatic rings. The molecule has 0 bridgehead atoms. The van der Waals surface area contributed by atoms with Gasteiger partial charge in [-0.05, 0) is 102 Å². The molecule has 4 aromatic carbocycles. The molecule has 0 aromatic heterocycles. The van der Waals surface area contributed by atoms with E-state index in [1.54, 1.807) is 0 Å². The Hall–Kier alpha value is -3.52. The molecule has 0 radical (unpaired) electrons. The van der Waals surface area contributed by atoms with Crippen LogP contribution < -0.4 is 11.5 Å². The van der Waals surface area contributed by atoms with Gasteiger partial charge in [0, 0.05) is 28.6 Å². The van der Waals surface area contributed by atoms with Crippen molar-refractivity contribution in [1.82, 2.24) is 0 Å². The van der Waals surface area contributed by atoms with Crippen molar-refractivity contribution in [2.75, 3.05) is 11.5 Å². The number of anilines is 2. The standard InChI is InChI=1S/C40H50N2/c1-4-7-8-29-25-27-40(28-26-29,34-17-9-30(10-18-34)38(5-2)32-13-21-36(41)22-14-32)35-19-11-31(12-20-35)39(6-3)33-15-23-37(42)24-16-33/h9-24,29,38-39H,4-8,25-28,41-42H2,1-3H3. The molecule has 0 saturated heterocycles. The van der Waals surface area contributed by atoms with Gasteiger partial charge in [-0.1, -0.05) is 113 Å². The molecule has 2 unspecified atom stereocenters. The molecule has 2 nitrogen and oxygen atoms in total. The smallest absolute Gasteiger partial charge is 0.0314 e. The lowest BCUT2D eigenvalue weighted by molar-refractivity contribution is 0.251. The van der Waals surface area contributed by atoms with Crippen molar-refractivity contribution in [3.8, 4) is 0 Å². The molecular weight excluding hydrogens is 508 g/mol. The number of unbranched alkanes of at least 4 members (excludes halogenated alkanes) is 1. The second-order valence-electron chi connectivity index (χ2n) is 12.7. The molecule has 4 N–H and O–H groups in total. The monoisotopic (exact) mass is 558 g/mol. The summed E-state index contributed by atoms with van der Waals surface area (Å²) in [6, 6.07) is 36.2. The van der Waals surface area contributed by atoms with Gasteiger partial charge in [0.15, 0.2) is 0 Å². The minimum absolute atomic E-state index is 0.0750. The summed E-state index contributed by atoms with van der Waals surface area (Å²) >= 11 is 0. The summed E-state index contributed by atoms with van der Waals surface area (Å²) in [5.41, 5.74) is 22.1. The van der Waals surface area contributed by atoms with E-state index in [0.29, 0.717) is 11.8 Å². The fourth-order valence-corrected chi connectivity index (χ4v) is 7.55. The van der Waals surface area contributed by atoms with E-state index in [1.165, 1.54) is 78.3 Å². The predicted octanol–water partition coefficient (Wildman–Crippen LogP) is 10.6. The van der Waals surface area contributed by atoms with E-state index in [0.717, 1.165) is 30.1 Å². The minimum Gasteiger partial charge on any atom is -0.399 e. The Morgan fingerprint density at radius 3 is 1.26 bits per heavy atom. The van der Waals surface area contributed by atoms with Crippen molar-refractivity contribution in [2.24, 2.45) is 5.92 Å². The highest BCUT2D eigenvalue weighted by Gasteiger charge is 2.38. The summed E-state index contributed by atoms with van der Waals surface area (Å²) in [6.45, 7) is 6.88. The Kier molecular flexibility index (Phi) is 9.73. The largest absolute Gasteiger partial charge is 0.399 e. The number of rotatable bonds is 11. The van der Waals surface area contributed by atoms with Gasteiger partial charge in [-0.3, -0.25) is 0 Å². The summed E-state index contributed by atoms with van der Waals surface area (Å²) in [5, 5.41) is 0. The van der Waals surface area contributed by atoms with Crippen LogP contribution in [0.5, 0.6) is 0 Å². The van der Waals surface area contributed by atoms with Gasteiger partial charge >= 0.3 is 0 Å². The predicted molar refractivity (Wildman–Crippen MR) is 181 cm³/mol. The van der Waals surface area contributed by atoms with Crippen molar-refractivity contribution in [1.29, 1.82) is 0 Å². The molecule has 220 valence electrons. The number of nitrogens with two attached hydrogens (primary N) is 2. The van der Waals surface area contributed by atoms with E-state index < -0.39 is 0 Å². The first kappa shape index (κ1) is 30.0. The highest BCUT2D eigenvalue weighted by molar-refractivity contribution is 5.47. The zero-order chi connectivity index (χ0) is 29.5. The van der Waals surface area contributed by atoms with Gasteiger partial charge in [0.05, 0.1) is 0 Å². The normalized spacial score (nSPS) is 20.2. The molecule has 0 amide bonds. The molecule has 4 aromatic rings. The average molecular weight is 559 g/mol. The fourth-order valence-electron chi connectivity index (χ4n) is 7.55. The van der Waals surface area contributed by atoms with Gasteiger partial charge in [0.1, 0.15) is 0 Å². The zero-order valence-electron chi connectivity index (χ0n) is 26.0. The molecule has 2 heteroatoms. The van der Waals surface area contributed by atoms with Crippen LogP contribution in [0.3, 0.4) is 0 Å². The van der Waals surface area contributed by atoms with Crippen molar-refractivity contribution in [2.45, 2.75) is 95.8 Å². The fraction of sp³-hybridized carbons (Fsp3) is 0.400. The SMILES string of the molecule is CCCCC1CCC(c2ccc(C(CC)c3ccc(N)cc3)cc2)(c2ccc(C(CC)c3ccc(N)cc3)cc2)CC1. The van der Waals surface area contributed by atoms with Crippen LogP contribution in [0.2, 0.25) is 0 Å². The molecule has 42 heavy (non-hydrogen) atoms. The van der Waals surface area contributed by atoms with Gasteiger partial charge in [-0.2, -0.15) is 0 Å². The second kappa shape index (κ2) is 13.6. The maximum atomic E-state index is 5.98. The number of hydrogen-bond donors (Lipinski definition) is 2. The molecule has 1 aliphatic carbocycles. The molecule has 1 saturated carbocycles. The maximum Gasteiger partial charge on any atom is 0.0314 e. The lowest BCUT2D eigenvalue weighted by Gasteiger charge is -2.42. The van der Waals surface area contributed by atoms with E-state index >= 15 is 0 Å². The molecule has 1 fully saturated rings. The third kappa shape index (κ3) is 6.43. The third-order valence-corrected chi connectivity index (χ3v) is 10.2. The van der Waals surface area contributed by atoms with E-state index in [4.69, 9.17) is 11.5 Å². The highest BCUT2D eigenvalue weighted by Crippen LogP contribution is 2.48. The van der Waals surface area contributed by atoms with E-state index in [1.807, 2.05) is 24.3 Å². The molecule has 2 atom stereocenters. The molecule has 0 spiro atoms. The van der Waals surface area contributed by atoms with Gasteiger partial charge in [0.25, 0.3) is 0 Å². The summed E-state index contributed by atoms with van der Waals surface area (Å²) in [6.07, 6.45) is 11.3. The van der Waals surface area contributed by atoms with E-state index in [9.17, 15) is 0 Å². The Morgan fingerprint density at radius 1 is 0.571 bits per heavy atom. The number of nitrogen functional groups attached to an aromatic ring is 2. The molecular formula is C40H50N2. The quantitative estimate of drug-likeness (QED) is 0.180. The Bertz CT molecular complexity index is 1280. The van der Waals surface area contributed by atoms with Crippen molar-refractivity contribution < 1.29 is 0 Å². The number of hydrogen-bond acceptors (Lipinski definition) is 2. The van der Waals surface area contributed by atoms with Gasteiger partial charge in [0.2, 0.25) is 0 Å². The van der Waals surface area contributed by atoms with Crippen LogP contribution >= 0.6 is 0 Å². The van der Waals surface area contributed by atoms with Crippen molar-refractivity contribution in [3.63, 3.8) is 0 Å². The Balaban J connectivity index is 1.46. The van der Waals surface area contributed by atoms with Crippen LogP contribution in [-0.2, 0) is 5.41 Å². The average Bonchev–Trinajstić information content (AvgIpc) is 3.03. The van der Waals surface area contributed by atoms with E-state index in [2.05, 4.69) is 93.6 Å². The van der Waals surface area contributed by atoms with Crippen LogP contribution in [0.1, 0.15) is 124 Å². The first-order valence-corrected chi connectivity index (χ1v) is 16.4. The van der Waals surface area contributed by atoms with Crippen LogP contribution in [0.4, 0.5) is 11.4 Å². The molecule has 5 rings (SSSR count). The summed E-state index contributed by atoms with van der Waals surface area (Å²) in [4.78, 5) is 0. The van der Waals surface area contributed by atoms with Crippen LogP contribution in [-0.4, -0.2) is 0 Å². The third-order valence-electron chi connectivity index (χ3n) is 10.2. The summed E-state index contributed by atoms with van der Waals surface area (Å²) < 4.78 is 0. The zero-order valence-corrected chi connectivity index (χ0v) is 26.0. The van der Waals surface area contributed by atoms with Gasteiger partial charge in [-0.15, -0.1) is 0 Å². The molecule has 0 heterocycles. The topological polar surface area (TPSA) is 52.0 Å². The van der Waals surface area contributed by atoms with Crippen molar-refractivity contribution in [3.05, 3.63) is 130 Å². The van der Waals surface area contributed by atoms with Gasteiger partial charge in [-0.25, -0.2) is 0 Å². The number of benzene rings is 4. The second-order valence-corrected chi connectivity index (χ2v) is 12.7. The Labute approximate surface area is 254 Å². The maximum absolute atomic E-state index is 5.98. The van der Waals surface area contributed by atoms with E-state index in [-0.39, 0.29) is 5.41 Å². The first-order valence-electron chi connectivity index (χ1n) is 16.4. The van der Waals surface area contributed by atoms with Crippen molar-refractivity contribution >= 4 is 11.4 Å². The van der Waals surface area contributed by atoms with Crippen LogP contribution in [0.15, 0.2) is 97.1 Å². The van der Waals surface area contributed by atoms with Crippen LogP contribution in [0, 0.1) is 5.92 Å². The van der Waals surface area contributed by atoms with Crippen LogP contribution in [0.25, 0.3) is 0 Å². The highest BCUT2D eigenvalue weighted by atomic mass is 14.5.